The molecule has 0 saturated carbocycles. The average Bonchev–Trinajstić information content (AvgIpc) is 2.16. The summed E-state index contributed by atoms with van der Waals surface area (Å²) in [7, 11) is 0. The van der Waals surface area contributed by atoms with Crippen LogP contribution in [0.15, 0.2) is 24.3 Å². The minimum atomic E-state index is 0.269. The third-order valence-corrected chi connectivity index (χ3v) is 2.10. The lowest BCUT2D eigenvalue weighted by Gasteiger charge is -2.07. The Morgan fingerprint density at radius 2 is 2.21 bits per heavy atom. The molecular formula is C12H19NO. The Kier molecular flexibility index (Phi) is 4.47. The Hall–Kier alpha value is -1.02. The summed E-state index contributed by atoms with van der Waals surface area (Å²) in [4.78, 5) is 0. The smallest absolute Gasteiger partial charge is 0.119 e. The molecule has 0 spiro atoms. The molecular weight excluding hydrogens is 174 g/mol. The summed E-state index contributed by atoms with van der Waals surface area (Å²) in [6.07, 6.45) is 2.05. The highest BCUT2D eigenvalue weighted by Gasteiger charge is 1.98. The lowest BCUT2D eigenvalue weighted by molar-refractivity contribution is 0.340. The summed E-state index contributed by atoms with van der Waals surface area (Å²) >= 11 is 0. The normalized spacial score (nSPS) is 12.5. The van der Waals surface area contributed by atoms with Crippen molar-refractivity contribution < 1.29 is 4.74 Å². The average molecular weight is 193 g/mol. The molecule has 2 N–H and O–H groups in total. The minimum absolute atomic E-state index is 0.269. The lowest BCUT2D eigenvalue weighted by Crippen LogP contribution is -2.15. The van der Waals surface area contributed by atoms with Crippen LogP contribution in [0.25, 0.3) is 0 Å². The number of benzene rings is 1. The van der Waals surface area contributed by atoms with Crippen molar-refractivity contribution in [3.63, 3.8) is 0 Å². The molecule has 0 unspecified atom stereocenters. The third kappa shape index (κ3) is 3.79. The first-order valence-electron chi connectivity index (χ1n) is 5.19. The molecule has 0 fully saturated rings. The highest BCUT2D eigenvalue weighted by molar-refractivity contribution is 5.28. The molecule has 0 amide bonds. The number of hydrogen-bond acceptors (Lipinski definition) is 2. The van der Waals surface area contributed by atoms with Crippen molar-refractivity contribution in [2.45, 2.75) is 32.7 Å². The van der Waals surface area contributed by atoms with Crippen LogP contribution in [-0.4, -0.2) is 12.6 Å². The van der Waals surface area contributed by atoms with Gasteiger partial charge in [0.15, 0.2) is 0 Å². The van der Waals surface area contributed by atoms with Crippen LogP contribution < -0.4 is 10.5 Å². The summed E-state index contributed by atoms with van der Waals surface area (Å²) in [5, 5.41) is 0. The maximum absolute atomic E-state index is 5.71. The van der Waals surface area contributed by atoms with E-state index in [0.717, 1.165) is 25.2 Å². The molecule has 0 aliphatic heterocycles. The van der Waals surface area contributed by atoms with Gasteiger partial charge in [-0.2, -0.15) is 0 Å². The van der Waals surface area contributed by atoms with Crippen LogP contribution in [0.1, 0.15) is 25.8 Å². The van der Waals surface area contributed by atoms with Crippen molar-refractivity contribution >= 4 is 0 Å². The van der Waals surface area contributed by atoms with Crippen molar-refractivity contribution in [1.29, 1.82) is 0 Å². The quantitative estimate of drug-likeness (QED) is 0.779. The summed E-state index contributed by atoms with van der Waals surface area (Å²) < 4.78 is 5.42. The zero-order chi connectivity index (χ0) is 10.4. The van der Waals surface area contributed by atoms with Gasteiger partial charge in [-0.1, -0.05) is 12.1 Å². The van der Waals surface area contributed by atoms with Gasteiger partial charge in [-0.05, 0) is 44.4 Å². The van der Waals surface area contributed by atoms with Gasteiger partial charge in [0.2, 0.25) is 0 Å². The molecule has 0 heterocycles. The van der Waals surface area contributed by atoms with E-state index in [4.69, 9.17) is 10.5 Å². The summed E-state index contributed by atoms with van der Waals surface area (Å²) in [5.74, 6) is 0.953. The fourth-order valence-corrected chi connectivity index (χ4v) is 1.35. The van der Waals surface area contributed by atoms with Gasteiger partial charge in [-0.15, -0.1) is 0 Å². The van der Waals surface area contributed by atoms with Gasteiger partial charge in [0.25, 0.3) is 0 Å². The summed E-state index contributed by atoms with van der Waals surface area (Å²) in [6.45, 7) is 4.75. The van der Waals surface area contributed by atoms with Gasteiger partial charge < -0.3 is 10.5 Å². The Morgan fingerprint density at radius 1 is 1.43 bits per heavy atom. The van der Waals surface area contributed by atoms with Crippen LogP contribution in [0.5, 0.6) is 5.75 Å². The second-order valence-electron chi connectivity index (χ2n) is 3.60. The number of nitrogens with two attached hydrogens (primary N) is 1. The van der Waals surface area contributed by atoms with E-state index in [1.807, 2.05) is 26.0 Å². The number of rotatable bonds is 5. The van der Waals surface area contributed by atoms with Gasteiger partial charge >= 0.3 is 0 Å². The van der Waals surface area contributed by atoms with Crippen molar-refractivity contribution in [3.05, 3.63) is 29.8 Å². The largest absolute Gasteiger partial charge is 0.494 e. The molecule has 0 aliphatic carbocycles. The first kappa shape index (κ1) is 11.1. The highest BCUT2D eigenvalue weighted by Crippen LogP contribution is 2.14. The van der Waals surface area contributed by atoms with Gasteiger partial charge in [-0.25, -0.2) is 0 Å². The maximum atomic E-state index is 5.71. The minimum Gasteiger partial charge on any atom is -0.494 e. The van der Waals surface area contributed by atoms with Crippen LogP contribution in [0.2, 0.25) is 0 Å². The Labute approximate surface area is 86.1 Å². The predicted molar refractivity (Wildman–Crippen MR) is 59.6 cm³/mol. The van der Waals surface area contributed by atoms with Crippen LogP contribution in [0.3, 0.4) is 0 Å². The van der Waals surface area contributed by atoms with E-state index < -0.39 is 0 Å². The molecule has 14 heavy (non-hydrogen) atoms. The molecule has 0 saturated heterocycles. The van der Waals surface area contributed by atoms with Gasteiger partial charge in [0.05, 0.1) is 6.61 Å². The fraction of sp³-hybridized carbons (Fsp3) is 0.500. The molecule has 1 rings (SSSR count). The zero-order valence-corrected chi connectivity index (χ0v) is 8.99. The van der Waals surface area contributed by atoms with Gasteiger partial charge in [0.1, 0.15) is 5.75 Å². The molecule has 0 bridgehead atoms. The third-order valence-electron chi connectivity index (χ3n) is 2.10. The molecule has 1 aromatic rings. The second kappa shape index (κ2) is 5.66. The predicted octanol–water partition coefficient (Wildman–Crippen LogP) is 2.37. The van der Waals surface area contributed by atoms with Crippen LogP contribution in [0.4, 0.5) is 0 Å². The van der Waals surface area contributed by atoms with E-state index in [0.29, 0.717) is 0 Å². The van der Waals surface area contributed by atoms with Crippen molar-refractivity contribution in [3.8, 4) is 5.75 Å². The van der Waals surface area contributed by atoms with Crippen molar-refractivity contribution in [2.24, 2.45) is 5.73 Å². The Balaban J connectivity index is 2.54. The monoisotopic (exact) mass is 193 g/mol. The van der Waals surface area contributed by atoms with E-state index in [1.165, 1.54) is 5.56 Å². The first-order valence-corrected chi connectivity index (χ1v) is 5.19. The molecule has 2 heteroatoms. The fourth-order valence-electron chi connectivity index (χ4n) is 1.35. The molecule has 0 aliphatic rings. The zero-order valence-electron chi connectivity index (χ0n) is 8.99. The molecule has 1 atom stereocenters. The molecule has 1 aromatic carbocycles. The second-order valence-corrected chi connectivity index (χ2v) is 3.60. The van der Waals surface area contributed by atoms with Gasteiger partial charge in [0, 0.05) is 6.04 Å². The van der Waals surface area contributed by atoms with Crippen molar-refractivity contribution in [1.82, 2.24) is 0 Å². The van der Waals surface area contributed by atoms with Gasteiger partial charge in [-0.3, -0.25) is 0 Å². The first-order chi connectivity index (χ1) is 6.72. The SMILES string of the molecule is CCOc1cccc(CC[C@H](C)N)c1. The number of aryl methyl sites for hydroxylation is 1. The van der Waals surface area contributed by atoms with Crippen LogP contribution in [0, 0.1) is 0 Å². The van der Waals surface area contributed by atoms with E-state index >= 15 is 0 Å². The summed E-state index contributed by atoms with van der Waals surface area (Å²) in [6, 6.07) is 8.49. The van der Waals surface area contributed by atoms with E-state index in [2.05, 4.69) is 12.1 Å². The summed E-state index contributed by atoms with van der Waals surface area (Å²) in [5.41, 5.74) is 7.01. The van der Waals surface area contributed by atoms with E-state index in [1.54, 1.807) is 0 Å². The Bertz CT molecular complexity index is 271. The molecule has 0 radical (unpaired) electrons. The molecule has 2 nitrogen and oxygen atoms in total. The Morgan fingerprint density at radius 3 is 2.86 bits per heavy atom. The molecule has 0 aromatic heterocycles. The number of ether oxygens (including phenoxy) is 1. The molecule has 78 valence electrons. The van der Waals surface area contributed by atoms with E-state index in [9.17, 15) is 0 Å². The topological polar surface area (TPSA) is 35.2 Å². The van der Waals surface area contributed by atoms with Crippen molar-refractivity contribution in [2.75, 3.05) is 6.61 Å². The van der Waals surface area contributed by atoms with Crippen LogP contribution in [-0.2, 0) is 6.42 Å². The standard InChI is InChI=1S/C12H19NO/c1-3-14-12-6-4-5-11(9-12)8-7-10(2)13/h4-6,9-10H,3,7-8,13H2,1-2H3/t10-/m0/s1. The maximum Gasteiger partial charge on any atom is 0.119 e. The highest BCUT2D eigenvalue weighted by atomic mass is 16.5. The van der Waals surface area contributed by atoms with Crippen LogP contribution >= 0.6 is 0 Å². The number of hydrogen-bond donors (Lipinski definition) is 1. The van der Waals surface area contributed by atoms with E-state index in [-0.39, 0.29) is 6.04 Å². The lowest BCUT2D eigenvalue weighted by atomic mass is 10.1.